The molecular weight excluding hydrogens is 388 g/mol. The van der Waals surface area contributed by atoms with Crippen molar-refractivity contribution in [3.63, 3.8) is 0 Å². The number of benzene rings is 1. The van der Waals surface area contributed by atoms with Gasteiger partial charge in [0.2, 0.25) is 0 Å². The van der Waals surface area contributed by atoms with Crippen molar-refractivity contribution in [1.29, 1.82) is 0 Å². The zero-order chi connectivity index (χ0) is 21.8. The first kappa shape index (κ1) is 21.2. The molecule has 0 fully saturated rings. The monoisotopic (exact) mass is 418 g/mol. The normalized spacial score (nSPS) is 13.9. The van der Waals surface area contributed by atoms with Gasteiger partial charge in [0.05, 0.1) is 17.1 Å². The number of carbonyl (C=O) groups excluding carboxylic acids is 1. The van der Waals surface area contributed by atoms with Crippen LogP contribution in [0.5, 0.6) is 0 Å². The van der Waals surface area contributed by atoms with E-state index in [9.17, 15) is 4.79 Å². The van der Waals surface area contributed by atoms with E-state index in [1.165, 1.54) is 11.1 Å². The minimum Gasteiger partial charge on any atom is -0.351 e. The van der Waals surface area contributed by atoms with E-state index in [1.807, 2.05) is 29.9 Å². The molecule has 7 nitrogen and oxygen atoms in total. The van der Waals surface area contributed by atoms with Gasteiger partial charge in [-0.05, 0) is 55.0 Å². The minimum absolute atomic E-state index is 0.157. The van der Waals surface area contributed by atoms with Gasteiger partial charge < -0.3 is 5.32 Å². The van der Waals surface area contributed by atoms with Crippen LogP contribution in [0.4, 0.5) is 0 Å². The van der Waals surface area contributed by atoms with E-state index in [4.69, 9.17) is 0 Å². The summed E-state index contributed by atoms with van der Waals surface area (Å²) in [5.41, 5.74) is 5.83. The van der Waals surface area contributed by atoms with Crippen LogP contribution >= 0.6 is 0 Å². The van der Waals surface area contributed by atoms with E-state index in [2.05, 4.69) is 63.6 Å². The highest BCUT2D eigenvalue weighted by atomic mass is 16.2. The summed E-state index contributed by atoms with van der Waals surface area (Å²) in [6.45, 7) is 9.51. The topological polar surface area (TPSA) is 75.9 Å². The molecule has 0 bridgehead atoms. The highest BCUT2D eigenvalue weighted by Gasteiger charge is 2.23. The Balaban J connectivity index is 1.51. The largest absolute Gasteiger partial charge is 0.351 e. The number of carbonyl (C=O) groups is 1. The number of pyridine rings is 1. The molecule has 1 amide bonds. The number of hydrogen-bond donors (Lipinski definition) is 1. The van der Waals surface area contributed by atoms with Crippen LogP contribution in [0.15, 0.2) is 42.6 Å². The molecular formula is C24H30N6O. The number of fused-ring (bicyclic) bond motifs is 1. The third kappa shape index (κ3) is 4.82. The molecule has 0 radical (unpaired) electrons. The Morgan fingerprint density at radius 3 is 2.84 bits per heavy atom. The molecule has 1 aliphatic rings. The highest BCUT2D eigenvalue weighted by Crippen LogP contribution is 2.26. The predicted octanol–water partition coefficient (Wildman–Crippen LogP) is 3.30. The lowest BCUT2D eigenvalue weighted by Gasteiger charge is -2.29. The lowest BCUT2D eigenvalue weighted by Crippen LogP contribution is -2.31. The zero-order valence-electron chi connectivity index (χ0n) is 18.5. The molecule has 3 heterocycles. The average Bonchev–Trinajstić information content (AvgIpc) is 3.14. The van der Waals surface area contributed by atoms with Crippen molar-refractivity contribution in [3.05, 3.63) is 70.8 Å². The summed E-state index contributed by atoms with van der Waals surface area (Å²) >= 11 is 0. The summed E-state index contributed by atoms with van der Waals surface area (Å²) in [6, 6.07) is 12.3. The van der Waals surface area contributed by atoms with Gasteiger partial charge in [-0.25, -0.2) is 4.68 Å². The molecule has 0 unspecified atom stereocenters. The summed E-state index contributed by atoms with van der Waals surface area (Å²) in [4.78, 5) is 19.4. The van der Waals surface area contributed by atoms with Gasteiger partial charge in [-0.3, -0.25) is 14.7 Å². The summed E-state index contributed by atoms with van der Waals surface area (Å²) in [5, 5.41) is 11.5. The van der Waals surface area contributed by atoms with Gasteiger partial charge in [0.25, 0.3) is 5.91 Å². The van der Waals surface area contributed by atoms with E-state index in [0.717, 1.165) is 49.6 Å². The zero-order valence-corrected chi connectivity index (χ0v) is 18.5. The second kappa shape index (κ2) is 9.39. The maximum Gasteiger partial charge on any atom is 0.273 e. The van der Waals surface area contributed by atoms with Crippen LogP contribution in [0.3, 0.4) is 0 Å². The Labute approximate surface area is 183 Å². The number of aromatic nitrogens is 4. The molecule has 7 heteroatoms. The van der Waals surface area contributed by atoms with Gasteiger partial charge in [0.15, 0.2) is 5.69 Å². The molecule has 0 saturated heterocycles. The molecule has 0 aliphatic carbocycles. The second-order valence-corrected chi connectivity index (χ2v) is 8.57. The molecule has 0 saturated carbocycles. The fraction of sp³-hybridized carbons (Fsp3) is 0.417. The van der Waals surface area contributed by atoms with Crippen LogP contribution in [0.2, 0.25) is 0 Å². The van der Waals surface area contributed by atoms with Gasteiger partial charge in [-0.1, -0.05) is 37.3 Å². The van der Waals surface area contributed by atoms with E-state index in [-0.39, 0.29) is 5.91 Å². The van der Waals surface area contributed by atoms with Crippen molar-refractivity contribution in [1.82, 2.24) is 30.2 Å². The Hall–Kier alpha value is -3.06. The summed E-state index contributed by atoms with van der Waals surface area (Å²) in [7, 11) is 0. The van der Waals surface area contributed by atoms with E-state index in [0.29, 0.717) is 18.2 Å². The number of nitrogens with one attached hydrogen (secondary N) is 1. The molecule has 0 atom stereocenters. The third-order valence-corrected chi connectivity index (χ3v) is 5.78. The molecule has 2 aromatic heterocycles. The molecule has 0 spiro atoms. The first-order valence-corrected chi connectivity index (χ1v) is 11.0. The van der Waals surface area contributed by atoms with Gasteiger partial charge in [0.1, 0.15) is 0 Å². The number of hydrogen-bond acceptors (Lipinski definition) is 5. The molecule has 1 aliphatic heterocycles. The molecule has 1 N–H and O–H groups in total. The Morgan fingerprint density at radius 1 is 1.19 bits per heavy atom. The quantitative estimate of drug-likeness (QED) is 0.637. The van der Waals surface area contributed by atoms with Crippen molar-refractivity contribution in [3.8, 4) is 5.69 Å². The van der Waals surface area contributed by atoms with Crippen LogP contribution in [0, 0.1) is 12.8 Å². The summed E-state index contributed by atoms with van der Waals surface area (Å²) in [6.07, 6.45) is 3.71. The van der Waals surface area contributed by atoms with E-state index >= 15 is 0 Å². The number of amides is 1. The Kier molecular flexibility index (Phi) is 6.42. The van der Waals surface area contributed by atoms with Gasteiger partial charge >= 0.3 is 0 Å². The molecule has 3 aromatic rings. The fourth-order valence-corrected chi connectivity index (χ4v) is 4.03. The van der Waals surface area contributed by atoms with Crippen LogP contribution in [0.25, 0.3) is 5.69 Å². The number of rotatable bonds is 7. The van der Waals surface area contributed by atoms with E-state index < -0.39 is 0 Å². The van der Waals surface area contributed by atoms with Gasteiger partial charge in [0, 0.05) is 32.4 Å². The van der Waals surface area contributed by atoms with Crippen molar-refractivity contribution in [2.24, 2.45) is 5.92 Å². The highest BCUT2D eigenvalue weighted by molar-refractivity contribution is 5.93. The maximum absolute atomic E-state index is 12.6. The van der Waals surface area contributed by atoms with Gasteiger partial charge in [-0.15, -0.1) is 5.10 Å². The van der Waals surface area contributed by atoms with Crippen molar-refractivity contribution < 1.29 is 4.79 Å². The predicted molar refractivity (Wildman–Crippen MR) is 120 cm³/mol. The molecule has 1 aromatic carbocycles. The SMILES string of the molecule is Cc1c(C(=O)NCCC(C)C)nnn1-c1cccc2c1CCN(Cc1ccccn1)C2. The van der Waals surface area contributed by atoms with Crippen molar-refractivity contribution in [2.45, 2.75) is 46.7 Å². The lowest BCUT2D eigenvalue weighted by molar-refractivity contribution is 0.0946. The first-order chi connectivity index (χ1) is 15.0. The third-order valence-electron chi connectivity index (χ3n) is 5.78. The van der Waals surface area contributed by atoms with Gasteiger partial charge in [-0.2, -0.15) is 0 Å². The minimum atomic E-state index is -0.157. The lowest BCUT2D eigenvalue weighted by atomic mass is 9.97. The second-order valence-electron chi connectivity index (χ2n) is 8.57. The van der Waals surface area contributed by atoms with E-state index in [1.54, 1.807) is 0 Å². The number of nitrogens with zero attached hydrogens (tertiary/aromatic N) is 5. The maximum atomic E-state index is 12.6. The summed E-state index contributed by atoms with van der Waals surface area (Å²) < 4.78 is 1.81. The average molecular weight is 419 g/mol. The Morgan fingerprint density at radius 2 is 2.06 bits per heavy atom. The first-order valence-electron chi connectivity index (χ1n) is 11.0. The van der Waals surface area contributed by atoms with Crippen LogP contribution in [-0.2, 0) is 19.5 Å². The standard InChI is InChI=1S/C24H30N6O/c1-17(2)10-13-26-24(31)23-18(3)30(28-27-23)22-9-6-7-19-15-29(14-11-21(19)22)16-20-8-4-5-12-25-20/h4-9,12,17H,10-11,13-16H2,1-3H3,(H,26,31). The van der Waals surface area contributed by atoms with Crippen LogP contribution in [0.1, 0.15) is 53.3 Å². The molecule has 4 rings (SSSR count). The van der Waals surface area contributed by atoms with Crippen molar-refractivity contribution >= 4 is 5.91 Å². The summed E-state index contributed by atoms with van der Waals surface area (Å²) in [5.74, 6) is 0.390. The Bertz CT molecular complexity index is 1040. The molecule has 31 heavy (non-hydrogen) atoms. The van der Waals surface area contributed by atoms with Crippen LogP contribution in [-0.4, -0.2) is 43.9 Å². The van der Waals surface area contributed by atoms with Crippen molar-refractivity contribution in [2.75, 3.05) is 13.1 Å². The smallest absolute Gasteiger partial charge is 0.273 e. The van der Waals surface area contributed by atoms with Crippen LogP contribution < -0.4 is 5.32 Å². The molecule has 162 valence electrons. The fourth-order valence-electron chi connectivity index (χ4n) is 4.03.